The first-order valence-electron chi connectivity index (χ1n) is 7.17. The van der Waals surface area contributed by atoms with E-state index in [-0.39, 0.29) is 0 Å². The Labute approximate surface area is 128 Å². The molecule has 0 bridgehead atoms. The Hall–Kier alpha value is -1.13. The number of hydrogen-bond acceptors (Lipinski definition) is 2. The van der Waals surface area contributed by atoms with Gasteiger partial charge in [-0.05, 0) is 50.6 Å². The van der Waals surface area contributed by atoms with Crippen LogP contribution in [-0.2, 0) is 7.05 Å². The summed E-state index contributed by atoms with van der Waals surface area (Å²) in [4.78, 5) is 0. The largest absolute Gasteiger partial charge is 0.317 e. The van der Waals surface area contributed by atoms with Gasteiger partial charge in [0.1, 0.15) is 0 Å². The van der Waals surface area contributed by atoms with Gasteiger partial charge in [-0.2, -0.15) is 5.10 Å². The second-order valence-electron chi connectivity index (χ2n) is 5.52. The number of nitrogens with one attached hydrogen (secondary N) is 1. The highest BCUT2D eigenvalue weighted by Crippen LogP contribution is 2.33. The minimum atomic E-state index is 0.634. The van der Waals surface area contributed by atoms with Gasteiger partial charge in [0.05, 0.1) is 5.69 Å². The summed E-state index contributed by atoms with van der Waals surface area (Å²) in [7, 11) is 2.08. The molecule has 0 atom stereocenters. The molecule has 1 fully saturated rings. The molecule has 1 N–H and O–H groups in total. The minimum absolute atomic E-state index is 0.634. The van der Waals surface area contributed by atoms with Crippen LogP contribution in [-0.4, -0.2) is 22.9 Å². The molecule has 0 radical (unpaired) electrons. The predicted octanol–water partition coefficient (Wildman–Crippen LogP) is 3.63. The van der Waals surface area contributed by atoms with Crippen LogP contribution in [0.25, 0.3) is 11.3 Å². The van der Waals surface area contributed by atoms with Crippen molar-refractivity contribution in [2.24, 2.45) is 7.05 Å². The Balaban J connectivity index is 2.02. The van der Waals surface area contributed by atoms with Crippen molar-refractivity contribution >= 4 is 15.9 Å². The molecule has 0 saturated carbocycles. The van der Waals surface area contributed by atoms with Gasteiger partial charge in [0, 0.05) is 28.7 Å². The zero-order chi connectivity index (χ0) is 14.1. The summed E-state index contributed by atoms with van der Waals surface area (Å²) in [6, 6.07) is 8.39. The van der Waals surface area contributed by atoms with Crippen molar-refractivity contribution in [1.29, 1.82) is 0 Å². The third-order valence-electron chi connectivity index (χ3n) is 4.16. The van der Waals surface area contributed by atoms with Crippen LogP contribution >= 0.6 is 15.9 Å². The Bertz CT molecular complexity index is 612. The van der Waals surface area contributed by atoms with E-state index in [9.17, 15) is 0 Å². The lowest BCUT2D eigenvalue weighted by Gasteiger charge is -2.23. The number of benzene rings is 1. The van der Waals surface area contributed by atoms with E-state index < -0.39 is 0 Å². The van der Waals surface area contributed by atoms with Crippen molar-refractivity contribution in [3.05, 3.63) is 40.0 Å². The Morgan fingerprint density at radius 1 is 1.30 bits per heavy atom. The zero-order valence-corrected chi connectivity index (χ0v) is 13.6. The van der Waals surface area contributed by atoms with Crippen molar-refractivity contribution in [3.8, 4) is 11.3 Å². The molecule has 3 nitrogen and oxygen atoms in total. The molecule has 0 unspecified atom stereocenters. The van der Waals surface area contributed by atoms with Gasteiger partial charge in [-0.3, -0.25) is 4.68 Å². The van der Waals surface area contributed by atoms with Gasteiger partial charge in [0.15, 0.2) is 0 Å². The number of nitrogens with zero attached hydrogens (tertiary/aromatic N) is 2. The van der Waals surface area contributed by atoms with Crippen LogP contribution in [0, 0.1) is 6.92 Å². The third kappa shape index (κ3) is 2.54. The van der Waals surface area contributed by atoms with Gasteiger partial charge in [0.2, 0.25) is 0 Å². The summed E-state index contributed by atoms with van der Waals surface area (Å²) < 4.78 is 3.19. The monoisotopic (exact) mass is 333 g/mol. The van der Waals surface area contributed by atoms with E-state index in [0.29, 0.717) is 5.92 Å². The van der Waals surface area contributed by atoms with E-state index in [1.807, 2.05) is 0 Å². The van der Waals surface area contributed by atoms with Crippen LogP contribution in [0.4, 0.5) is 0 Å². The van der Waals surface area contributed by atoms with E-state index in [1.165, 1.54) is 29.7 Å². The van der Waals surface area contributed by atoms with Gasteiger partial charge < -0.3 is 5.32 Å². The molecule has 3 rings (SSSR count). The number of aromatic nitrogens is 2. The number of halogens is 1. The van der Waals surface area contributed by atoms with Crippen LogP contribution in [0.1, 0.15) is 30.0 Å². The van der Waals surface area contributed by atoms with Crippen LogP contribution in [0.2, 0.25) is 0 Å². The fourth-order valence-corrected chi connectivity index (χ4v) is 3.62. The van der Waals surface area contributed by atoms with Crippen LogP contribution < -0.4 is 5.32 Å². The molecule has 1 saturated heterocycles. The van der Waals surface area contributed by atoms with Gasteiger partial charge in [-0.25, -0.2) is 0 Å². The fraction of sp³-hybridized carbons (Fsp3) is 0.438. The summed E-state index contributed by atoms with van der Waals surface area (Å²) in [5.41, 5.74) is 5.04. The van der Waals surface area contributed by atoms with E-state index in [1.54, 1.807) is 0 Å². The molecule has 1 aromatic heterocycles. The highest BCUT2D eigenvalue weighted by molar-refractivity contribution is 9.10. The molecule has 1 aliphatic rings. The van der Waals surface area contributed by atoms with E-state index in [2.05, 4.69) is 64.2 Å². The maximum absolute atomic E-state index is 4.77. The summed E-state index contributed by atoms with van der Waals surface area (Å²) in [5.74, 6) is 0.634. The molecule has 1 aromatic carbocycles. The summed E-state index contributed by atoms with van der Waals surface area (Å²) in [5, 5.41) is 8.21. The molecular formula is C16H20BrN3. The highest BCUT2D eigenvalue weighted by atomic mass is 79.9. The van der Waals surface area contributed by atoms with Crippen molar-refractivity contribution < 1.29 is 0 Å². The lowest BCUT2D eigenvalue weighted by atomic mass is 9.91. The van der Waals surface area contributed by atoms with Crippen molar-refractivity contribution in [2.45, 2.75) is 25.7 Å². The Morgan fingerprint density at radius 2 is 2.05 bits per heavy atom. The maximum atomic E-state index is 4.77. The first-order valence-corrected chi connectivity index (χ1v) is 7.96. The van der Waals surface area contributed by atoms with E-state index in [0.717, 1.165) is 23.3 Å². The lowest BCUT2D eigenvalue weighted by Crippen LogP contribution is -2.27. The number of hydrogen-bond donors (Lipinski definition) is 1. The molecule has 20 heavy (non-hydrogen) atoms. The molecule has 2 heterocycles. The molecule has 4 heteroatoms. The van der Waals surface area contributed by atoms with Gasteiger partial charge in [-0.15, -0.1) is 0 Å². The average molecular weight is 334 g/mol. The third-order valence-corrected chi connectivity index (χ3v) is 4.66. The SMILES string of the molecule is Cc1c(-c2cccc(Br)c2)nn(C)c1C1CCNCC1. The predicted molar refractivity (Wildman–Crippen MR) is 85.9 cm³/mol. The van der Waals surface area contributed by atoms with Crippen molar-refractivity contribution in [1.82, 2.24) is 15.1 Å². The average Bonchev–Trinajstić information content (AvgIpc) is 2.75. The van der Waals surface area contributed by atoms with Crippen LogP contribution in [0.15, 0.2) is 28.7 Å². The number of piperidine rings is 1. The first kappa shape index (κ1) is 13.8. The standard InChI is InChI=1S/C16H20BrN3/c1-11-15(13-4-3-5-14(17)10-13)19-20(2)16(11)12-6-8-18-9-7-12/h3-5,10,12,18H,6-9H2,1-2H3. The highest BCUT2D eigenvalue weighted by Gasteiger charge is 2.23. The minimum Gasteiger partial charge on any atom is -0.317 e. The van der Waals surface area contributed by atoms with E-state index >= 15 is 0 Å². The normalized spacial score (nSPS) is 16.6. The number of rotatable bonds is 2. The maximum Gasteiger partial charge on any atom is 0.0955 e. The molecule has 2 aromatic rings. The topological polar surface area (TPSA) is 29.9 Å². The molecule has 1 aliphatic heterocycles. The molecule has 0 aliphatic carbocycles. The number of aryl methyl sites for hydroxylation is 1. The van der Waals surface area contributed by atoms with E-state index in [4.69, 9.17) is 5.10 Å². The fourth-order valence-electron chi connectivity index (χ4n) is 3.22. The Morgan fingerprint density at radius 3 is 2.75 bits per heavy atom. The van der Waals surface area contributed by atoms with Crippen molar-refractivity contribution in [2.75, 3.05) is 13.1 Å². The lowest BCUT2D eigenvalue weighted by molar-refractivity contribution is 0.438. The second-order valence-corrected chi connectivity index (χ2v) is 6.43. The molecule has 0 spiro atoms. The van der Waals surface area contributed by atoms with Crippen molar-refractivity contribution in [3.63, 3.8) is 0 Å². The van der Waals surface area contributed by atoms with Crippen LogP contribution in [0.5, 0.6) is 0 Å². The second kappa shape index (κ2) is 5.70. The summed E-state index contributed by atoms with van der Waals surface area (Å²) >= 11 is 3.54. The Kier molecular flexibility index (Phi) is 3.94. The van der Waals surface area contributed by atoms with Gasteiger partial charge >= 0.3 is 0 Å². The van der Waals surface area contributed by atoms with Gasteiger partial charge in [-0.1, -0.05) is 28.1 Å². The molecular weight excluding hydrogens is 314 g/mol. The van der Waals surface area contributed by atoms with Gasteiger partial charge in [0.25, 0.3) is 0 Å². The summed E-state index contributed by atoms with van der Waals surface area (Å²) in [6.45, 7) is 4.43. The first-order chi connectivity index (χ1) is 9.66. The van der Waals surface area contributed by atoms with Crippen LogP contribution in [0.3, 0.4) is 0 Å². The smallest absolute Gasteiger partial charge is 0.0955 e. The quantitative estimate of drug-likeness (QED) is 0.909. The molecule has 0 amide bonds. The zero-order valence-electron chi connectivity index (χ0n) is 12.0. The summed E-state index contributed by atoms with van der Waals surface area (Å²) in [6.07, 6.45) is 2.41. The molecule has 106 valence electrons.